The summed E-state index contributed by atoms with van der Waals surface area (Å²) in [5.74, 6) is 0.125. The van der Waals surface area contributed by atoms with Crippen LogP contribution in [0.1, 0.15) is 16.7 Å². The molecule has 38 heavy (non-hydrogen) atoms. The molecule has 194 valence electrons. The maximum absolute atomic E-state index is 13.6. The number of carbonyl (C=O) groups excluding carboxylic acids is 1. The van der Waals surface area contributed by atoms with E-state index < -0.39 is 22.5 Å². The van der Waals surface area contributed by atoms with Gasteiger partial charge in [-0.15, -0.1) is 0 Å². The second-order valence-corrected chi connectivity index (χ2v) is 10.7. The summed E-state index contributed by atoms with van der Waals surface area (Å²) in [6.07, 6.45) is 3.62. The molecule has 0 saturated carbocycles. The number of rotatable bonds is 9. The fourth-order valence-corrected chi connectivity index (χ4v) is 6.18. The van der Waals surface area contributed by atoms with Gasteiger partial charge in [0.05, 0.1) is 31.0 Å². The van der Waals surface area contributed by atoms with Crippen LogP contribution in [0.4, 0.5) is 5.69 Å². The first-order valence-electron chi connectivity index (χ1n) is 12.1. The van der Waals surface area contributed by atoms with Crippen molar-refractivity contribution in [1.82, 2.24) is 5.43 Å². The lowest BCUT2D eigenvalue weighted by Gasteiger charge is -2.25. The average Bonchev–Trinajstić information content (AvgIpc) is 3.37. The van der Waals surface area contributed by atoms with E-state index in [1.54, 1.807) is 42.6 Å². The summed E-state index contributed by atoms with van der Waals surface area (Å²) in [7, 11) is -1.19. The van der Waals surface area contributed by atoms with E-state index in [1.807, 2.05) is 18.2 Å². The number of nitrogens with zero attached hydrogens (tertiary/aromatic N) is 2. The largest absolute Gasteiger partial charge is 0.497 e. The Morgan fingerprint density at radius 2 is 1.71 bits per heavy atom. The number of hydrazone groups is 1. The quantitative estimate of drug-likeness (QED) is 0.258. The number of benzene rings is 4. The number of nitrogens with one attached hydrogen (secondary N) is 1. The van der Waals surface area contributed by atoms with Gasteiger partial charge in [-0.2, -0.15) is 5.10 Å². The molecule has 1 N–H and O–H groups in total. The van der Waals surface area contributed by atoms with Gasteiger partial charge >= 0.3 is 0 Å². The van der Waals surface area contributed by atoms with Gasteiger partial charge in [-0.3, -0.25) is 9.10 Å². The zero-order valence-corrected chi connectivity index (χ0v) is 21.9. The zero-order valence-electron chi connectivity index (χ0n) is 21.0. The van der Waals surface area contributed by atoms with Gasteiger partial charge in [0.2, 0.25) is 0 Å². The minimum atomic E-state index is -4.11. The van der Waals surface area contributed by atoms with Gasteiger partial charge in [0.1, 0.15) is 18.0 Å². The fraction of sp³-hybridized carbons (Fsp3) is 0.172. The number of hydrogen-bond acceptors (Lipinski definition) is 6. The Morgan fingerprint density at radius 3 is 2.45 bits per heavy atom. The summed E-state index contributed by atoms with van der Waals surface area (Å²) in [4.78, 5) is 13.0. The minimum absolute atomic E-state index is 0.0436. The van der Waals surface area contributed by atoms with Crippen molar-refractivity contribution in [3.63, 3.8) is 0 Å². The van der Waals surface area contributed by atoms with Crippen LogP contribution in [0, 0.1) is 0 Å². The molecule has 0 fully saturated rings. The van der Waals surface area contributed by atoms with E-state index in [0.29, 0.717) is 5.75 Å². The maximum atomic E-state index is 13.6. The highest BCUT2D eigenvalue weighted by Gasteiger charge is 2.29. The number of sulfonamides is 1. The third-order valence-electron chi connectivity index (χ3n) is 6.58. The van der Waals surface area contributed by atoms with E-state index in [-0.39, 0.29) is 16.3 Å². The molecule has 0 saturated heterocycles. The number of anilines is 1. The van der Waals surface area contributed by atoms with Crippen LogP contribution in [0.2, 0.25) is 0 Å². The molecule has 0 bridgehead atoms. The molecule has 1 aliphatic carbocycles. The summed E-state index contributed by atoms with van der Waals surface area (Å²) in [6, 6.07) is 22.9. The molecule has 0 atom stereocenters. The summed E-state index contributed by atoms with van der Waals surface area (Å²) in [5.41, 5.74) is 6.18. The first-order valence-corrected chi connectivity index (χ1v) is 13.5. The predicted molar refractivity (Wildman–Crippen MR) is 148 cm³/mol. The predicted octanol–water partition coefficient (Wildman–Crippen LogP) is 4.30. The third kappa shape index (κ3) is 4.80. The van der Waals surface area contributed by atoms with Crippen LogP contribution in [0.25, 0.3) is 10.8 Å². The highest BCUT2D eigenvalue weighted by Crippen LogP contribution is 2.35. The van der Waals surface area contributed by atoms with Crippen LogP contribution in [0.3, 0.4) is 0 Å². The fourth-order valence-electron chi connectivity index (χ4n) is 4.73. The van der Waals surface area contributed by atoms with Crippen molar-refractivity contribution in [2.24, 2.45) is 5.10 Å². The van der Waals surface area contributed by atoms with Crippen molar-refractivity contribution >= 4 is 38.6 Å². The highest BCUT2D eigenvalue weighted by atomic mass is 32.2. The van der Waals surface area contributed by atoms with Gasteiger partial charge in [-0.05, 0) is 59.0 Å². The normalized spacial score (nSPS) is 12.6. The van der Waals surface area contributed by atoms with E-state index in [4.69, 9.17) is 9.47 Å². The van der Waals surface area contributed by atoms with Gasteiger partial charge in [0.25, 0.3) is 15.9 Å². The molecule has 0 radical (unpaired) electrons. The molecule has 0 unspecified atom stereocenters. The van der Waals surface area contributed by atoms with Crippen LogP contribution in [-0.4, -0.2) is 41.3 Å². The Morgan fingerprint density at radius 1 is 0.947 bits per heavy atom. The van der Waals surface area contributed by atoms with Gasteiger partial charge in [0.15, 0.2) is 0 Å². The van der Waals surface area contributed by atoms with E-state index >= 15 is 0 Å². The molecule has 0 spiro atoms. The average molecular weight is 530 g/mol. The number of hydrogen-bond donors (Lipinski definition) is 1. The summed E-state index contributed by atoms with van der Waals surface area (Å²) >= 11 is 0. The van der Waals surface area contributed by atoms with Crippen LogP contribution < -0.4 is 19.2 Å². The molecular weight excluding hydrogens is 502 g/mol. The van der Waals surface area contributed by atoms with Gasteiger partial charge < -0.3 is 9.47 Å². The minimum Gasteiger partial charge on any atom is -0.497 e. The van der Waals surface area contributed by atoms with Crippen LogP contribution in [0.15, 0.2) is 88.9 Å². The van der Waals surface area contributed by atoms with Crippen molar-refractivity contribution in [2.75, 3.05) is 25.1 Å². The molecule has 5 rings (SSSR count). The number of aryl methyl sites for hydroxylation is 2. The zero-order chi connectivity index (χ0) is 26.7. The van der Waals surface area contributed by atoms with E-state index in [9.17, 15) is 13.2 Å². The summed E-state index contributed by atoms with van der Waals surface area (Å²) in [6.45, 7) is -0.513. The first-order chi connectivity index (χ1) is 18.4. The SMILES string of the molecule is COc1ccc(N(CC(=O)N/N=C\c2ccc3c4c(cccc24)CC3)S(=O)(=O)c2ccccc2)c(OC)c1. The van der Waals surface area contributed by atoms with Crippen LogP contribution in [-0.2, 0) is 27.7 Å². The summed E-state index contributed by atoms with van der Waals surface area (Å²) in [5, 5.41) is 6.47. The molecule has 1 aliphatic rings. The summed E-state index contributed by atoms with van der Waals surface area (Å²) < 4.78 is 38.9. The Labute approximate surface area is 221 Å². The molecule has 4 aromatic rings. The van der Waals surface area contributed by atoms with Crippen molar-refractivity contribution in [3.05, 3.63) is 95.6 Å². The Bertz CT molecular complexity index is 1630. The molecular formula is C29H27N3O5S. The number of amides is 1. The van der Waals surface area contributed by atoms with Crippen molar-refractivity contribution in [2.45, 2.75) is 17.7 Å². The Hall–Kier alpha value is -4.37. The maximum Gasteiger partial charge on any atom is 0.264 e. The van der Waals surface area contributed by atoms with Gasteiger partial charge in [-0.25, -0.2) is 13.8 Å². The number of methoxy groups -OCH3 is 2. The van der Waals surface area contributed by atoms with Crippen molar-refractivity contribution in [3.8, 4) is 11.5 Å². The molecule has 4 aromatic carbocycles. The van der Waals surface area contributed by atoms with E-state index in [1.165, 1.54) is 42.9 Å². The first kappa shape index (κ1) is 25.3. The second kappa shape index (κ2) is 10.5. The molecule has 0 aliphatic heterocycles. The third-order valence-corrected chi connectivity index (χ3v) is 8.35. The number of ether oxygens (including phenoxy) is 2. The van der Waals surface area contributed by atoms with Crippen LogP contribution in [0.5, 0.6) is 11.5 Å². The lowest BCUT2D eigenvalue weighted by Crippen LogP contribution is -2.39. The van der Waals surface area contributed by atoms with E-state index in [2.05, 4.69) is 22.7 Å². The molecule has 9 heteroatoms. The van der Waals surface area contributed by atoms with Crippen molar-refractivity contribution < 1.29 is 22.7 Å². The van der Waals surface area contributed by atoms with E-state index in [0.717, 1.165) is 28.1 Å². The number of carbonyl (C=O) groups is 1. The smallest absolute Gasteiger partial charge is 0.264 e. The molecule has 0 aromatic heterocycles. The van der Waals surface area contributed by atoms with Crippen LogP contribution >= 0.6 is 0 Å². The van der Waals surface area contributed by atoms with Gasteiger partial charge in [0, 0.05) is 11.6 Å². The van der Waals surface area contributed by atoms with Crippen molar-refractivity contribution in [1.29, 1.82) is 0 Å². The molecule has 0 heterocycles. The second-order valence-electron chi connectivity index (χ2n) is 8.81. The Kier molecular flexibility index (Phi) is 7.02. The highest BCUT2D eigenvalue weighted by molar-refractivity contribution is 7.92. The van der Waals surface area contributed by atoms with Gasteiger partial charge in [-0.1, -0.05) is 48.5 Å². The molecule has 1 amide bonds. The Balaban J connectivity index is 1.43. The monoisotopic (exact) mass is 529 g/mol. The molecule has 8 nitrogen and oxygen atoms in total. The lowest BCUT2D eigenvalue weighted by atomic mass is 10.0. The topological polar surface area (TPSA) is 97.3 Å². The standard InChI is InChI=1S/C29H27N3O5S/c1-36-23-15-16-26(27(17-23)37-2)32(38(34,35)24-8-4-3-5-9-24)19-28(33)31-30-18-22-14-13-21-12-11-20-7-6-10-25(22)29(20)21/h3-10,13-18H,11-12,19H2,1-2H3,(H,31,33)/b30-18-. The lowest BCUT2D eigenvalue weighted by molar-refractivity contribution is -0.119.